The van der Waals surface area contributed by atoms with E-state index in [1.165, 1.54) is 0 Å². The Morgan fingerprint density at radius 2 is 2.17 bits per heavy atom. The lowest BCUT2D eigenvalue weighted by molar-refractivity contribution is -0.00630. The summed E-state index contributed by atoms with van der Waals surface area (Å²) in [4.78, 5) is 4.13. The fourth-order valence-electron chi connectivity index (χ4n) is 2.47. The van der Waals surface area contributed by atoms with Gasteiger partial charge in [0, 0.05) is 30.0 Å². The van der Waals surface area contributed by atoms with Crippen molar-refractivity contribution in [2.45, 2.75) is 44.8 Å². The number of nitrogens with one attached hydrogen (secondary N) is 1. The molecule has 0 spiro atoms. The molecule has 0 saturated heterocycles. The molecule has 100 valence electrons. The molecule has 0 atom stereocenters. The molecule has 1 heterocycles. The average molecular weight is 313 g/mol. The standard InChI is InChI=1S/C14H21BrN2O/c1-11-2-4-14(18,5-3-11)10-17-8-12-6-13(15)9-16-7-12/h6-7,9,11,17-18H,2-5,8,10H2,1H3. The van der Waals surface area contributed by atoms with Gasteiger partial charge in [0.05, 0.1) is 5.60 Å². The third-order valence-corrected chi connectivity index (χ3v) is 4.18. The molecule has 2 rings (SSSR count). The van der Waals surface area contributed by atoms with Gasteiger partial charge in [-0.15, -0.1) is 0 Å². The maximum Gasteiger partial charge on any atom is 0.0771 e. The highest BCUT2D eigenvalue weighted by Gasteiger charge is 2.31. The van der Waals surface area contributed by atoms with Gasteiger partial charge in [-0.2, -0.15) is 0 Å². The van der Waals surface area contributed by atoms with E-state index in [1.807, 2.05) is 12.3 Å². The first kappa shape index (κ1) is 14.0. The summed E-state index contributed by atoms with van der Waals surface area (Å²) in [5.74, 6) is 0.763. The highest BCUT2D eigenvalue weighted by atomic mass is 79.9. The summed E-state index contributed by atoms with van der Waals surface area (Å²) in [6.07, 6.45) is 7.73. The summed E-state index contributed by atoms with van der Waals surface area (Å²) in [7, 11) is 0. The maximum atomic E-state index is 10.4. The Balaban J connectivity index is 1.78. The van der Waals surface area contributed by atoms with E-state index in [1.54, 1.807) is 6.20 Å². The average Bonchev–Trinajstić information content (AvgIpc) is 2.34. The Morgan fingerprint density at radius 3 is 2.83 bits per heavy atom. The summed E-state index contributed by atoms with van der Waals surface area (Å²) in [6.45, 7) is 3.69. The first-order valence-electron chi connectivity index (χ1n) is 6.60. The fourth-order valence-corrected chi connectivity index (χ4v) is 2.88. The molecule has 1 aromatic heterocycles. The summed E-state index contributed by atoms with van der Waals surface area (Å²) in [5.41, 5.74) is 0.628. The molecule has 0 amide bonds. The second-order valence-electron chi connectivity index (χ2n) is 5.52. The molecular weight excluding hydrogens is 292 g/mol. The quantitative estimate of drug-likeness (QED) is 0.898. The monoisotopic (exact) mass is 312 g/mol. The lowest BCUT2D eigenvalue weighted by Gasteiger charge is -2.35. The molecule has 0 bridgehead atoms. The van der Waals surface area contributed by atoms with Crippen molar-refractivity contribution in [2.75, 3.05) is 6.54 Å². The lowest BCUT2D eigenvalue weighted by atomic mass is 9.79. The van der Waals surface area contributed by atoms with Crippen LogP contribution < -0.4 is 5.32 Å². The zero-order valence-corrected chi connectivity index (χ0v) is 12.4. The highest BCUT2D eigenvalue weighted by Crippen LogP contribution is 2.31. The van der Waals surface area contributed by atoms with Crippen LogP contribution in [0.5, 0.6) is 0 Å². The van der Waals surface area contributed by atoms with Crippen LogP contribution >= 0.6 is 15.9 Å². The van der Waals surface area contributed by atoms with Gasteiger partial charge in [-0.25, -0.2) is 0 Å². The van der Waals surface area contributed by atoms with Gasteiger partial charge in [0.15, 0.2) is 0 Å². The van der Waals surface area contributed by atoms with Crippen LogP contribution in [-0.2, 0) is 6.54 Å². The second-order valence-corrected chi connectivity index (χ2v) is 6.44. The van der Waals surface area contributed by atoms with E-state index in [2.05, 4.69) is 33.2 Å². The maximum absolute atomic E-state index is 10.4. The SMILES string of the molecule is CC1CCC(O)(CNCc2cncc(Br)c2)CC1. The molecule has 0 aliphatic heterocycles. The Bertz CT molecular complexity index is 389. The predicted molar refractivity (Wildman–Crippen MR) is 76.2 cm³/mol. The molecule has 18 heavy (non-hydrogen) atoms. The van der Waals surface area contributed by atoms with Crippen LogP contribution in [0.3, 0.4) is 0 Å². The molecule has 3 nitrogen and oxygen atoms in total. The minimum Gasteiger partial charge on any atom is -0.389 e. The first-order valence-corrected chi connectivity index (χ1v) is 7.39. The summed E-state index contributed by atoms with van der Waals surface area (Å²) >= 11 is 3.41. The molecule has 0 aromatic carbocycles. The van der Waals surface area contributed by atoms with E-state index in [0.717, 1.165) is 48.2 Å². The zero-order chi connectivity index (χ0) is 13.0. The lowest BCUT2D eigenvalue weighted by Crippen LogP contribution is -2.43. The van der Waals surface area contributed by atoms with Crippen LogP contribution in [0, 0.1) is 5.92 Å². The zero-order valence-electron chi connectivity index (χ0n) is 10.8. The van der Waals surface area contributed by atoms with Crippen molar-refractivity contribution in [3.05, 3.63) is 28.5 Å². The van der Waals surface area contributed by atoms with E-state index in [9.17, 15) is 5.11 Å². The van der Waals surface area contributed by atoms with Crippen LogP contribution in [-0.4, -0.2) is 22.2 Å². The van der Waals surface area contributed by atoms with Crippen molar-refractivity contribution in [1.82, 2.24) is 10.3 Å². The minimum absolute atomic E-state index is 0.508. The Hall–Kier alpha value is -0.450. The van der Waals surface area contributed by atoms with Crippen LogP contribution in [0.4, 0.5) is 0 Å². The molecule has 1 fully saturated rings. The van der Waals surface area contributed by atoms with Gasteiger partial charge in [-0.05, 0) is 59.2 Å². The highest BCUT2D eigenvalue weighted by molar-refractivity contribution is 9.10. The molecule has 1 aliphatic rings. The number of pyridine rings is 1. The third-order valence-electron chi connectivity index (χ3n) is 3.75. The Labute approximate surface area is 117 Å². The first-order chi connectivity index (χ1) is 8.57. The van der Waals surface area contributed by atoms with Crippen molar-refractivity contribution in [1.29, 1.82) is 0 Å². The van der Waals surface area contributed by atoms with E-state index >= 15 is 0 Å². The number of aromatic nitrogens is 1. The molecular formula is C14H21BrN2O. The topological polar surface area (TPSA) is 45.1 Å². The smallest absolute Gasteiger partial charge is 0.0771 e. The van der Waals surface area contributed by atoms with E-state index in [-0.39, 0.29) is 0 Å². The molecule has 1 saturated carbocycles. The number of hydrogen-bond acceptors (Lipinski definition) is 3. The number of aliphatic hydroxyl groups is 1. The van der Waals surface area contributed by atoms with Gasteiger partial charge in [0.25, 0.3) is 0 Å². The van der Waals surface area contributed by atoms with Crippen LogP contribution in [0.1, 0.15) is 38.2 Å². The third kappa shape index (κ3) is 4.04. The van der Waals surface area contributed by atoms with Crippen molar-refractivity contribution in [3.63, 3.8) is 0 Å². The fraction of sp³-hybridized carbons (Fsp3) is 0.643. The van der Waals surface area contributed by atoms with Crippen LogP contribution in [0.25, 0.3) is 0 Å². The van der Waals surface area contributed by atoms with Gasteiger partial charge < -0.3 is 10.4 Å². The Kier molecular flexibility index (Phi) is 4.76. The van der Waals surface area contributed by atoms with E-state index in [4.69, 9.17) is 0 Å². The summed E-state index contributed by atoms with van der Waals surface area (Å²) < 4.78 is 0.993. The molecule has 0 radical (unpaired) electrons. The van der Waals surface area contributed by atoms with Crippen LogP contribution in [0.15, 0.2) is 22.9 Å². The van der Waals surface area contributed by atoms with Crippen molar-refractivity contribution >= 4 is 15.9 Å². The number of hydrogen-bond donors (Lipinski definition) is 2. The molecule has 1 aliphatic carbocycles. The second kappa shape index (κ2) is 6.13. The van der Waals surface area contributed by atoms with Gasteiger partial charge in [-0.3, -0.25) is 4.98 Å². The van der Waals surface area contributed by atoms with Gasteiger partial charge >= 0.3 is 0 Å². The Morgan fingerprint density at radius 1 is 1.44 bits per heavy atom. The van der Waals surface area contributed by atoms with Crippen molar-refractivity contribution in [3.8, 4) is 0 Å². The number of rotatable bonds is 4. The van der Waals surface area contributed by atoms with Gasteiger partial charge in [-0.1, -0.05) is 6.92 Å². The predicted octanol–water partition coefficient (Wildman–Crippen LogP) is 2.87. The van der Waals surface area contributed by atoms with E-state index in [0.29, 0.717) is 6.54 Å². The molecule has 2 N–H and O–H groups in total. The normalized spacial score (nSPS) is 28.3. The van der Waals surface area contributed by atoms with E-state index < -0.39 is 5.60 Å². The molecule has 4 heteroatoms. The minimum atomic E-state index is -0.508. The van der Waals surface area contributed by atoms with Crippen molar-refractivity contribution < 1.29 is 5.11 Å². The van der Waals surface area contributed by atoms with Crippen LogP contribution in [0.2, 0.25) is 0 Å². The number of halogens is 1. The molecule has 0 unspecified atom stereocenters. The van der Waals surface area contributed by atoms with Gasteiger partial charge in [0.1, 0.15) is 0 Å². The number of nitrogens with zero attached hydrogens (tertiary/aromatic N) is 1. The summed E-state index contributed by atoms with van der Waals surface area (Å²) in [6, 6.07) is 2.05. The van der Waals surface area contributed by atoms with Gasteiger partial charge in [0.2, 0.25) is 0 Å². The summed E-state index contributed by atoms with van der Waals surface area (Å²) in [5, 5.41) is 13.8. The van der Waals surface area contributed by atoms with Crippen molar-refractivity contribution in [2.24, 2.45) is 5.92 Å². The largest absolute Gasteiger partial charge is 0.389 e. The molecule has 1 aromatic rings.